The number of benzene rings is 2. The molecule has 0 saturated heterocycles. The van der Waals surface area contributed by atoms with Crippen LogP contribution in [0.5, 0.6) is 0 Å². The van der Waals surface area contributed by atoms with E-state index in [-0.39, 0.29) is 16.6 Å². The van der Waals surface area contributed by atoms with E-state index in [1.165, 1.54) is 42.3 Å². The first-order valence-electron chi connectivity index (χ1n) is 7.53. The van der Waals surface area contributed by atoms with Crippen LogP contribution in [-0.4, -0.2) is 33.3 Å². The van der Waals surface area contributed by atoms with Crippen LogP contribution in [0.2, 0.25) is 0 Å². The van der Waals surface area contributed by atoms with Crippen molar-refractivity contribution in [2.24, 2.45) is 0 Å². The molecule has 0 bridgehead atoms. The standard InChI is InChI=1S/C18H19FN2O3S/c1-20-25(23,24)17-10-5-14(6-11-17)7-12-18(22)21(2)13-15-3-8-16(19)9-4-15/h3-12,20H,13H2,1-2H3/b12-7+. The van der Waals surface area contributed by atoms with Crippen LogP contribution >= 0.6 is 0 Å². The van der Waals surface area contributed by atoms with Crippen molar-refractivity contribution in [1.82, 2.24) is 9.62 Å². The summed E-state index contributed by atoms with van der Waals surface area (Å²) >= 11 is 0. The predicted octanol–water partition coefficient (Wildman–Crippen LogP) is 2.41. The van der Waals surface area contributed by atoms with Gasteiger partial charge in [0.1, 0.15) is 5.82 Å². The Morgan fingerprint density at radius 3 is 2.28 bits per heavy atom. The molecular weight excluding hydrogens is 343 g/mol. The molecule has 0 atom stereocenters. The number of hydrogen-bond acceptors (Lipinski definition) is 3. The van der Waals surface area contributed by atoms with Gasteiger partial charge in [-0.15, -0.1) is 0 Å². The fourth-order valence-electron chi connectivity index (χ4n) is 2.11. The molecule has 0 fully saturated rings. The second-order valence-corrected chi connectivity index (χ2v) is 7.32. The quantitative estimate of drug-likeness (QED) is 0.803. The lowest BCUT2D eigenvalue weighted by Crippen LogP contribution is -2.24. The summed E-state index contributed by atoms with van der Waals surface area (Å²) in [6.07, 6.45) is 3.02. The van der Waals surface area contributed by atoms with Crippen molar-refractivity contribution in [1.29, 1.82) is 0 Å². The predicted molar refractivity (Wildman–Crippen MR) is 94.6 cm³/mol. The number of carbonyl (C=O) groups is 1. The highest BCUT2D eigenvalue weighted by molar-refractivity contribution is 7.89. The molecule has 5 nitrogen and oxygen atoms in total. The van der Waals surface area contributed by atoms with Gasteiger partial charge in [-0.05, 0) is 48.5 Å². The Balaban J connectivity index is 2.00. The van der Waals surface area contributed by atoms with Gasteiger partial charge in [0.2, 0.25) is 15.9 Å². The summed E-state index contributed by atoms with van der Waals surface area (Å²) in [5.74, 6) is -0.530. The second-order valence-electron chi connectivity index (χ2n) is 5.43. The van der Waals surface area contributed by atoms with Gasteiger partial charge < -0.3 is 4.90 Å². The van der Waals surface area contributed by atoms with E-state index in [2.05, 4.69) is 4.72 Å². The maximum atomic E-state index is 12.9. The van der Waals surface area contributed by atoms with Crippen LogP contribution in [0.1, 0.15) is 11.1 Å². The third kappa shape index (κ3) is 5.23. The average molecular weight is 362 g/mol. The van der Waals surface area contributed by atoms with Crippen LogP contribution in [-0.2, 0) is 21.4 Å². The Labute approximate surface area is 146 Å². The van der Waals surface area contributed by atoms with Gasteiger partial charge in [-0.3, -0.25) is 4.79 Å². The van der Waals surface area contributed by atoms with Crippen molar-refractivity contribution in [3.63, 3.8) is 0 Å². The van der Waals surface area contributed by atoms with E-state index < -0.39 is 10.0 Å². The van der Waals surface area contributed by atoms with Gasteiger partial charge in [0.25, 0.3) is 0 Å². The Bertz CT molecular complexity index is 860. The number of halogens is 1. The summed E-state index contributed by atoms with van der Waals surface area (Å²) in [6.45, 7) is 0.364. The van der Waals surface area contributed by atoms with Gasteiger partial charge in [0, 0.05) is 19.7 Å². The van der Waals surface area contributed by atoms with E-state index in [1.54, 1.807) is 37.4 Å². The third-order valence-electron chi connectivity index (χ3n) is 3.59. The van der Waals surface area contributed by atoms with Crippen molar-refractivity contribution in [2.45, 2.75) is 11.4 Å². The molecule has 0 heterocycles. The maximum absolute atomic E-state index is 12.9. The summed E-state index contributed by atoms with van der Waals surface area (Å²) in [4.78, 5) is 13.8. The first kappa shape index (κ1) is 18.8. The number of carbonyl (C=O) groups excluding carboxylic acids is 1. The van der Waals surface area contributed by atoms with Crippen LogP contribution < -0.4 is 4.72 Å². The first-order valence-corrected chi connectivity index (χ1v) is 9.01. The van der Waals surface area contributed by atoms with E-state index >= 15 is 0 Å². The van der Waals surface area contributed by atoms with Crippen LogP contribution in [0.3, 0.4) is 0 Å². The molecule has 0 aliphatic carbocycles. The van der Waals surface area contributed by atoms with Crippen LogP contribution in [0, 0.1) is 5.82 Å². The lowest BCUT2D eigenvalue weighted by molar-refractivity contribution is -0.125. The number of sulfonamides is 1. The maximum Gasteiger partial charge on any atom is 0.246 e. The lowest BCUT2D eigenvalue weighted by atomic mass is 10.2. The monoisotopic (exact) mass is 362 g/mol. The van der Waals surface area contributed by atoms with Gasteiger partial charge in [0.15, 0.2) is 0 Å². The molecule has 0 aliphatic rings. The van der Waals surface area contributed by atoms with Crippen molar-refractivity contribution >= 4 is 22.0 Å². The SMILES string of the molecule is CNS(=O)(=O)c1ccc(/C=C/C(=O)N(C)Cc2ccc(F)cc2)cc1. The smallest absolute Gasteiger partial charge is 0.246 e. The average Bonchev–Trinajstić information content (AvgIpc) is 2.62. The summed E-state index contributed by atoms with van der Waals surface area (Å²) in [5.41, 5.74) is 1.53. The molecule has 2 aromatic carbocycles. The minimum absolute atomic E-state index is 0.159. The van der Waals surface area contributed by atoms with Crippen LogP contribution in [0.25, 0.3) is 6.08 Å². The Morgan fingerprint density at radius 1 is 1.12 bits per heavy atom. The molecule has 0 saturated carbocycles. The third-order valence-corrected chi connectivity index (χ3v) is 5.02. The molecule has 0 aromatic heterocycles. The minimum atomic E-state index is -3.47. The zero-order valence-corrected chi connectivity index (χ0v) is 14.8. The number of hydrogen-bond donors (Lipinski definition) is 1. The topological polar surface area (TPSA) is 66.5 Å². The number of rotatable bonds is 6. The number of likely N-dealkylation sites (N-methyl/N-ethyl adjacent to an activating group) is 1. The Hall–Kier alpha value is -2.51. The Morgan fingerprint density at radius 2 is 1.72 bits per heavy atom. The molecule has 132 valence electrons. The van der Waals surface area contributed by atoms with Gasteiger partial charge in [0.05, 0.1) is 4.90 Å². The van der Waals surface area contributed by atoms with E-state index in [9.17, 15) is 17.6 Å². The molecular formula is C18H19FN2O3S. The van der Waals surface area contributed by atoms with Gasteiger partial charge in [-0.25, -0.2) is 17.5 Å². The first-order chi connectivity index (χ1) is 11.8. The molecule has 2 rings (SSSR count). The molecule has 25 heavy (non-hydrogen) atoms. The van der Waals surface area contributed by atoms with Crippen LogP contribution in [0.15, 0.2) is 59.5 Å². The number of nitrogens with zero attached hydrogens (tertiary/aromatic N) is 1. The lowest BCUT2D eigenvalue weighted by Gasteiger charge is -2.15. The largest absolute Gasteiger partial charge is 0.338 e. The number of nitrogens with one attached hydrogen (secondary N) is 1. The molecule has 0 unspecified atom stereocenters. The van der Waals surface area contributed by atoms with Gasteiger partial charge in [-0.2, -0.15) is 0 Å². The highest BCUT2D eigenvalue weighted by Gasteiger charge is 2.10. The zero-order valence-electron chi connectivity index (χ0n) is 13.9. The molecule has 1 amide bonds. The molecule has 0 spiro atoms. The van der Waals surface area contributed by atoms with E-state index in [0.717, 1.165) is 5.56 Å². The van der Waals surface area contributed by atoms with Crippen molar-refractivity contribution < 1.29 is 17.6 Å². The van der Waals surface area contributed by atoms with Crippen molar-refractivity contribution in [2.75, 3.05) is 14.1 Å². The molecule has 0 aliphatic heterocycles. The normalized spacial score (nSPS) is 11.6. The highest BCUT2D eigenvalue weighted by atomic mass is 32.2. The Kier molecular flexibility index (Phi) is 6.06. The van der Waals surface area contributed by atoms with Crippen molar-refractivity contribution in [3.8, 4) is 0 Å². The number of amides is 1. The molecule has 1 N–H and O–H groups in total. The van der Waals surface area contributed by atoms with E-state index in [1.807, 2.05) is 0 Å². The summed E-state index contributed by atoms with van der Waals surface area (Å²) in [6, 6.07) is 12.1. The summed E-state index contributed by atoms with van der Waals surface area (Å²) in [5, 5.41) is 0. The molecule has 0 radical (unpaired) electrons. The van der Waals surface area contributed by atoms with Crippen LogP contribution in [0.4, 0.5) is 4.39 Å². The second kappa shape index (κ2) is 8.04. The summed E-state index contributed by atoms with van der Waals surface area (Å²) in [7, 11) is -0.476. The van der Waals surface area contributed by atoms with Gasteiger partial charge in [-0.1, -0.05) is 24.3 Å². The van der Waals surface area contributed by atoms with E-state index in [4.69, 9.17) is 0 Å². The fourth-order valence-corrected chi connectivity index (χ4v) is 2.84. The fraction of sp³-hybridized carbons (Fsp3) is 0.167. The minimum Gasteiger partial charge on any atom is -0.338 e. The molecule has 7 heteroatoms. The van der Waals surface area contributed by atoms with Crippen molar-refractivity contribution in [3.05, 3.63) is 71.6 Å². The summed E-state index contributed by atoms with van der Waals surface area (Å²) < 4.78 is 38.4. The highest BCUT2D eigenvalue weighted by Crippen LogP contribution is 2.12. The zero-order chi connectivity index (χ0) is 18.4. The van der Waals surface area contributed by atoms with Gasteiger partial charge >= 0.3 is 0 Å². The molecule has 2 aromatic rings. The van der Waals surface area contributed by atoms with E-state index in [0.29, 0.717) is 12.1 Å².